The number of aryl methyl sites for hydroxylation is 1. The molecule has 1 unspecified atom stereocenters. The number of hydrogen-bond acceptors (Lipinski definition) is 8. The molecule has 1 fully saturated rings. The molecule has 0 saturated carbocycles. The van der Waals surface area contributed by atoms with Gasteiger partial charge in [0.2, 0.25) is 11.8 Å². The maximum Gasteiger partial charge on any atom is 0.408 e. The maximum atomic E-state index is 14.0. The number of ketones is 1. The number of carbonyl (C=O) groups is 5. The van der Waals surface area contributed by atoms with E-state index in [2.05, 4.69) is 10.6 Å². The van der Waals surface area contributed by atoms with Crippen molar-refractivity contribution in [1.82, 2.24) is 15.5 Å². The Balaban J connectivity index is 1.45. The van der Waals surface area contributed by atoms with Gasteiger partial charge in [-0.1, -0.05) is 97.4 Å². The minimum atomic E-state index is -1.19. The molecule has 1 aliphatic rings. The number of alkyl carbamates (subject to hydrolysis) is 1. The molecule has 10 nitrogen and oxygen atoms in total. The van der Waals surface area contributed by atoms with Crippen molar-refractivity contribution in [3.8, 4) is 0 Å². The molecule has 1 saturated heterocycles. The predicted molar refractivity (Wildman–Crippen MR) is 184 cm³/mol. The number of Topliss-reactive ketones (excluding diaryl/α,β-unsaturated/α-hetero) is 1. The number of nitrogens with one attached hydrogen (secondary N) is 2. The number of carbonyl (C=O) groups excluding carboxylic acids is 5. The molecule has 48 heavy (non-hydrogen) atoms. The number of ether oxygens (including phenoxy) is 2. The van der Waals surface area contributed by atoms with Crippen LogP contribution in [0, 0.1) is 0 Å². The number of rotatable bonds is 16. The Bertz CT molecular complexity index is 1510. The van der Waals surface area contributed by atoms with Crippen molar-refractivity contribution in [2.75, 3.05) is 11.6 Å². The quantitative estimate of drug-likeness (QED) is 0.126. The van der Waals surface area contributed by atoms with E-state index in [1.807, 2.05) is 66.7 Å². The van der Waals surface area contributed by atoms with Gasteiger partial charge in [0.05, 0.1) is 12.0 Å². The van der Waals surface area contributed by atoms with Crippen LogP contribution in [0.3, 0.4) is 0 Å². The van der Waals surface area contributed by atoms with Crippen LogP contribution in [0.5, 0.6) is 0 Å². The highest BCUT2D eigenvalue weighted by Gasteiger charge is 2.40. The standard InChI is InChI=1S/C37H43N3O7S/c1-26(2)47-36(44)33(41)31(22-28-17-8-4-9-18-28)38-34(42)32-24-48-25-40(32)35(43)30(21-13-12-16-27-14-6-3-7-15-27)39-37(45)46-23-29-19-10-5-11-20-29/h3-11,14-15,17-20,26,30-32H,12-13,16,21-25H2,1-2H3,(H,38,42)(H,39,45)/t30?,31-,32-/m0/s1. The average molecular weight is 674 g/mol. The molecule has 2 N–H and O–H groups in total. The van der Waals surface area contributed by atoms with Crippen LogP contribution in [0.1, 0.15) is 49.8 Å². The molecule has 3 amide bonds. The van der Waals surface area contributed by atoms with Crippen molar-refractivity contribution < 1.29 is 33.4 Å². The molecular formula is C37H43N3O7S. The van der Waals surface area contributed by atoms with Gasteiger partial charge >= 0.3 is 12.1 Å². The van der Waals surface area contributed by atoms with Gasteiger partial charge in [-0.05, 0) is 49.8 Å². The largest absolute Gasteiger partial charge is 0.457 e. The summed E-state index contributed by atoms with van der Waals surface area (Å²) < 4.78 is 10.5. The third-order valence-electron chi connectivity index (χ3n) is 7.78. The zero-order valence-electron chi connectivity index (χ0n) is 27.3. The summed E-state index contributed by atoms with van der Waals surface area (Å²) in [4.78, 5) is 67.7. The zero-order chi connectivity index (χ0) is 34.3. The van der Waals surface area contributed by atoms with Crippen molar-refractivity contribution >= 4 is 41.4 Å². The first kappa shape index (κ1) is 36.2. The summed E-state index contributed by atoms with van der Waals surface area (Å²) in [5, 5.41) is 5.46. The van der Waals surface area contributed by atoms with Crippen molar-refractivity contribution in [3.63, 3.8) is 0 Å². The van der Waals surface area contributed by atoms with Gasteiger partial charge in [-0.2, -0.15) is 0 Å². The van der Waals surface area contributed by atoms with Gasteiger partial charge in [0.25, 0.3) is 5.78 Å². The first-order chi connectivity index (χ1) is 23.2. The SMILES string of the molecule is CC(C)OC(=O)C(=O)[C@H](Cc1ccccc1)NC(=O)[C@@H]1CSCN1C(=O)C(CCCCc1ccccc1)NC(=O)OCc1ccccc1. The molecule has 0 spiro atoms. The summed E-state index contributed by atoms with van der Waals surface area (Å²) in [5.74, 6) is -2.36. The molecular weight excluding hydrogens is 630 g/mol. The van der Waals surface area contributed by atoms with E-state index in [4.69, 9.17) is 9.47 Å². The van der Waals surface area contributed by atoms with Crippen molar-refractivity contribution in [3.05, 3.63) is 108 Å². The lowest BCUT2D eigenvalue weighted by molar-refractivity contribution is -0.158. The molecule has 3 aromatic carbocycles. The number of benzene rings is 3. The highest BCUT2D eigenvalue weighted by atomic mass is 32.2. The van der Waals surface area contributed by atoms with Crippen LogP contribution in [0.2, 0.25) is 0 Å². The second-order valence-electron chi connectivity index (χ2n) is 11.9. The number of hydrogen-bond donors (Lipinski definition) is 2. The summed E-state index contributed by atoms with van der Waals surface area (Å²) >= 11 is 1.39. The van der Waals surface area contributed by atoms with Gasteiger partial charge in [-0.3, -0.25) is 14.4 Å². The van der Waals surface area contributed by atoms with E-state index in [1.54, 1.807) is 38.1 Å². The van der Waals surface area contributed by atoms with Crippen LogP contribution < -0.4 is 10.6 Å². The predicted octanol–water partition coefficient (Wildman–Crippen LogP) is 4.84. The van der Waals surface area contributed by atoms with Crippen LogP contribution in [-0.4, -0.2) is 70.4 Å². The number of esters is 1. The number of thioether (sulfide) groups is 1. The summed E-state index contributed by atoms with van der Waals surface area (Å²) in [6, 6.07) is 25.2. The van der Waals surface area contributed by atoms with E-state index in [0.29, 0.717) is 18.6 Å². The summed E-state index contributed by atoms with van der Waals surface area (Å²) in [6.45, 7) is 3.32. The molecule has 1 heterocycles. The fourth-order valence-electron chi connectivity index (χ4n) is 5.31. The van der Waals surface area contributed by atoms with E-state index in [0.717, 1.165) is 24.0 Å². The number of unbranched alkanes of at least 4 members (excludes halogenated alkanes) is 1. The van der Waals surface area contributed by atoms with E-state index < -0.39 is 53.9 Å². The van der Waals surface area contributed by atoms with Crippen molar-refractivity contribution in [1.29, 1.82) is 0 Å². The van der Waals surface area contributed by atoms with Gasteiger partial charge in [0, 0.05) is 12.2 Å². The lowest BCUT2D eigenvalue weighted by atomic mass is 10.0. The molecule has 3 atom stereocenters. The summed E-state index contributed by atoms with van der Waals surface area (Å²) in [5.41, 5.74) is 2.74. The summed E-state index contributed by atoms with van der Waals surface area (Å²) in [7, 11) is 0. The fourth-order valence-corrected chi connectivity index (χ4v) is 6.47. The summed E-state index contributed by atoms with van der Waals surface area (Å²) in [6.07, 6.45) is 1.44. The van der Waals surface area contributed by atoms with E-state index in [9.17, 15) is 24.0 Å². The Morgan fingerprint density at radius 1 is 0.792 bits per heavy atom. The fraction of sp³-hybridized carbons (Fsp3) is 0.378. The maximum absolute atomic E-state index is 14.0. The monoisotopic (exact) mass is 673 g/mol. The highest BCUT2D eigenvalue weighted by molar-refractivity contribution is 7.99. The third-order valence-corrected chi connectivity index (χ3v) is 8.79. The second-order valence-corrected chi connectivity index (χ2v) is 12.9. The smallest absolute Gasteiger partial charge is 0.408 e. The van der Waals surface area contributed by atoms with Gasteiger partial charge in [0.1, 0.15) is 24.7 Å². The van der Waals surface area contributed by atoms with Crippen LogP contribution in [-0.2, 0) is 48.1 Å². The Kier molecular flexibility index (Phi) is 14.1. The molecule has 0 aliphatic carbocycles. The number of nitrogens with zero attached hydrogens (tertiary/aromatic N) is 1. The Hall–Kier alpha value is -4.64. The molecule has 3 aromatic rings. The topological polar surface area (TPSA) is 131 Å². The average Bonchev–Trinajstić information content (AvgIpc) is 3.59. The molecule has 0 radical (unpaired) electrons. The van der Waals surface area contributed by atoms with Crippen LogP contribution in [0.15, 0.2) is 91.0 Å². The van der Waals surface area contributed by atoms with Crippen molar-refractivity contribution in [2.45, 2.75) is 76.8 Å². The van der Waals surface area contributed by atoms with Crippen molar-refractivity contribution in [2.24, 2.45) is 0 Å². The minimum Gasteiger partial charge on any atom is -0.457 e. The Morgan fingerprint density at radius 3 is 2.02 bits per heavy atom. The number of amides is 3. The molecule has 4 rings (SSSR count). The lowest BCUT2D eigenvalue weighted by Crippen LogP contribution is -2.57. The van der Waals surface area contributed by atoms with Crippen LogP contribution in [0.25, 0.3) is 0 Å². The first-order valence-electron chi connectivity index (χ1n) is 16.2. The lowest BCUT2D eigenvalue weighted by Gasteiger charge is -2.29. The van der Waals surface area contributed by atoms with Gasteiger partial charge in [0.15, 0.2) is 0 Å². The highest BCUT2D eigenvalue weighted by Crippen LogP contribution is 2.24. The van der Waals surface area contributed by atoms with Gasteiger partial charge < -0.3 is 25.0 Å². The minimum absolute atomic E-state index is 0.0439. The van der Waals surface area contributed by atoms with Crippen LogP contribution >= 0.6 is 11.8 Å². The Labute approximate surface area is 285 Å². The third kappa shape index (κ3) is 11.3. The molecule has 254 valence electrons. The second kappa shape index (κ2) is 18.6. The van der Waals surface area contributed by atoms with E-state index >= 15 is 0 Å². The normalized spacial score (nSPS) is 15.3. The van der Waals surface area contributed by atoms with Gasteiger partial charge in [-0.25, -0.2) is 9.59 Å². The molecule has 0 bridgehead atoms. The van der Waals surface area contributed by atoms with E-state index in [1.165, 1.54) is 22.2 Å². The first-order valence-corrected chi connectivity index (χ1v) is 17.3. The molecule has 1 aliphatic heterocycles. The van der Waals surface area contributed by atoms with Gasteiger partial charge in [-0.15, -0.1) is 11.8 Å². The Morgan fingerprint density at radius 2 is 1.40 bits per heavy atom. The molecule has 0 aromatic heterocycles. The zero-order valence-corrected chi connectivity index (χ0v) is 28.2. The van der Waals surface area contributed by atoms with Crippen LogP contribution in [0.4, 0.5) is 4.79 Å². The van der Waals surface area contributed by atoms with E-state index in [-0.39, 0.29) is 18.9 Å². The molecule has 11 heteroatoms.